The van der Waals surface area contributed by atoms with Crippen molar-refractivity contribution in [1.29, 1.82) is 0 Å². The van der Waals surface area contributed by atoms with Crippen LogP contribution in [0, 0.1) is 6.92 Å². The summed E-state index contributed by atoms with van der Waals surface area (Å²) in [5, 5.41) is 1.28. The van der Waals surface area contributed by atoms with Gasteiger partial charge in [0, 0.05) is 0 Å². The molecule has 0 amide bonds. The molecule has 0 unspecified atom stereocenters. The van der Waals surface area contributed by atoms with Crippen LogP contribution >= 0.6 is 0 Å². The van der Waals surface area contributed by atoms with Crippen LogP contribution in [0.1, 0.15) is 32.1 Å². The predicted octanol–water partition coefficient (Wildman–Crippen LogP) is 2.09. The first-order valence-electron chi connectivity index (χ1n) is 3.32. The fourth-order valence-electron chi connectivity index (χ4n) is 0.642. The summed E-state index contributed by atoms with van der Waals surface area (Å²) in [6, 6.07) is 0. The van der Waals surface area contributed by atoms with Crippen molar-refractivity contribution in [2.45, 2.75) is 37.4 Å². The van der Waals surface area contributed by atoms with Crippen molar-refractivity contribution in [2.24, 2.45) is 0 Å². The summed E-state index contributed by atoms with van der Waals surface area (Å²) in [6.45, 7) is 3.78. The molecule has 0 aromatic heterocycles. The molecule has 0 spiro atoms. The van der Waals surface area contributed by atoms with Gasteiger partial charge in [-0.15, -0.1) is 0 Å². The Morgan fingerprint density at radius 3 is 2.12 bits per heavy atom. The summed E-state index contributed by atoms with van der Waals surface area (Å²) in [5.74, 6) is 0. The molecule has 0 saturated carbocycles. The number of rotatable bonds is 5. The van der Waals surface area contributed by atoms with Crippen LogP contribution in [0.5, 0.6) is 0 Å². The molecular formula is C7H15Se. The van der Waals surface area contributed by atoms with Crippen LogP contribution in [0.2, 0.25) is 5.32 Å². The van der Waals surface area contributed by atoms with Gasteiger partial charge in [0.25, 0.3) is 0 Å². The van der Waals surface area contributed by atoms with Gasteiger partial charge in [0.15, 0.2) is 0 Å². The first-order chi connectivity index (χ1) is 3.91. The van der Waals surface area contributed by atoms with Gasteiger partial charge in [-0.25, -0.2) is 0 Å². The van der Waals surface area contributed by atoms with E-state index in [2.05, 4.69) is 22.9 Å². The molecule has 8 heavy (non-hydrogen) atoms. The molecule has 0 nitrogen and oxygen atoms in total. The van der Waals surface area contributed by atoms with Gasteiger partial charge in [0.2, 0.25) is 0 Å². The standard InChI is InChI=1S/C7H15Se/c1-2-3-4-5-6-7-8/h8H,1-7H2. The molecule has 0 fully saturated rings. The van der Waals surface area contributed by atoms with E-state index < -0.39 is 0 Å². The fraction of sp³-hybridized carbons (Fsp3) is 0.857. The molecule has 0 aliphatic carbocycles. The van der Waals surface area contributed by atoms with Crippen LogP contribution in [-0.4, -0.2) is 16.0 Å². The molecular weight excluding hydrogens is 163 g/mol. The Morgan fingerprint density at radius 1 is 1.00 bits per heavy atom. The monoisotopic (exact) mass is 179 g/mol. The van der Waals surface area contributed by atoms with E-state index in [0.717, 1.165) is 6.42 Å². The molecule has 0 aromatic rings. The van der Waals surface area contributed by atoms with Crippen LogP contribution < -0.4 is 0 Å². The van der Waals surface area contributed by atoms with Gasteiger partial charge in [0.05, 0.1) is 0 Å². The Morgan fingerprint density at radius 2 is 1.62 bits per heavy atom. The van der Waals surface area contributed by atoms with Crippen molar-refractivity contribution >= 4 is 16.0 Å². The summed E-state index contributed by atoms with van der Waals surface area (Å²) in [6.07, 6.45) is 6.57. The summed E-state index contributed by atoms with van der Waals surface area (Å²) in [7, 11) is 0. The van der Waals surface area contributed by atoms with Crippen molar-refractivity contribution < 1.29 is 0 Å². The summed E-state index contributed by atoms with van der Waals surface area (Å²) in [4.78, 5) is 0. The second-order valence-corrected chi connectivity index (χ2v) is 2.93. The van der Waals surface area contributed by atoms with Crippen molar-refractivity contribution in [1.82, 2.24) is 0 Å². The Labute approximate surface area is 60.9 Å². The first-order valence-corrected chi connectivity index (χ1v) is 4.64. The number of unbranched alkanes of at least 4 members (excludes halogenated alkanes) is 4. The molecule has 0 aliphatic heterocycles. The van der Waals surface area contributed by atoms with E-state index in [1.807, 2.05) is 0 Å². The summed E-state index contributed by atoms with van der Waals surface area (Å²) < 4.78 is 0. The van der Waals surface area contributed by atoms with Gasteiger partial charge in [-0.3, -0.25) is 0 Å². The van der Waals surface area contributed by atoms with Gasteiger partial charge >= 0.3 is 60.4 Å². The van der Waals surface area contributed by atoms with Crippen molar-refractivity contribution in [3.63, 3.8) is 0 Å². The van der Waals surface area contributed by atoms with E-state index in [9.17, 15) is 0 Å². The van der Waals surface area contributed by atoms with Gasteiger partial charge < -0.3 is 0 Å². The van der Waals surface area contributed by atoms with Gasteiger partial charge in [-0.1, -0.05) is 0 Å². The van der Waals surface area contributed by atoms with Crippen molar-refractivity contribution in [3.8, 4) is 0 Å². The van der Waals surface area contributed by atoms with Crippen molar-refractivity contribution in [3.05, 3.63) is 6.92 Å². The molecule has 1 heteroatoms. The topological polar surface area (TPSA) is 0 Å². The number of hydrogen-bond donors (Lipinski definition) is 0. The van der Waals surface area contributed by atoms with E-state index in [4.69, 9.17) is 0 Å². The van der Waals surface area contributed by atoms with Crippen LogP contribution in [-0.2, 0) is 0 Å². The van der Waals surface area contributed by atoms with Gasteiger partial charge in [-0.2, -0.15) is 0 Å². The summed E-state index contributed by atoms with van der Waals surface area (Å²) >= 11 is 2.62. The summed E-state index contributed by atoms with van der Waals surface area (Å²) in [5.41, 5.74) is 0. The quantitative estimate of drug-likeness (QED) is 0.446. The Bertz CT molecular complexity index is 29.4. The van der Waals surface area contributed by atoms with Crippen LogP contribution in [0.4, 0.5) is 0 Å². The molecule has 0 aromatic carbocycles. The molecule has 0 bridgehead atoms. The minimum atomic E-state index is 1.11. The maximum atomic E-state index is 3.78. The van der Waals surface area contributed by atoms with Crippen LogP contribution in [0.25, 0.3) is 0 Å². The van der Waals surface area contributed by atoms with E-state index in [-0.39, 0.29) is 0 Å². The molecule has 0 rings (SSSR count). The zero-order valence-corrected chi connectivity index (χ0v) is 7.27. The third kappa shape index (κ3) is 6.52. The van der Waals surface area contributed by atoms with E-state index >= 15 is 0 Å². The molecule has 1 radical (unpaired) electrons. The average molecular weight is 178 g/mol. The molecule has 49 valence electrons. The third-order valence-electron chi connectivity index (χ3n) is 1.16. The number of hydrogen-bond acceptors (Lipinski definition) is 0. The van der Waals surface area contributed by atoms with Crippen LogP contribution in [0.15, 0.2) is 0 Å². The zero-order valence-electron chi connectivity index (χ0n) is 5.40. The van der Waals surface area contributed by atoms with E-state index in [0.29, 0.717) is 0 Å². The van der Waals surface area contributed by atoms with Gasteiger partial charge in [-0.05, 0) is 0 Å². The molecule has 0 N–H and O–H groups in total. The second-order valence-electron chi connectivity index (χ2n) is 1.99. The van der Waals surface area contributed by atoms with Crippen LogP contribution in [0.3, 0.4) is 0 Å². The zero-order chi connectivity index (χ0) is 6.24. The Hall–Kier alpha value is 0.519. The Kier molecular flexibility index (Phi) is 8.01. The third-order valence-corrected chi connectivity index (χ3v) is 1.82. The average Bonchev–Trinajstić information content (AvgIpc) is 1.81. The van der Waals surface area contributed by atoms with Gasteiger partial charge in [0.1, 0.15) is 0 Å². The van der Waals surface area contributed by atoms with E-state index in [1.165, 1.54) is 31.0 Å². The van der Waals surface area contributed by atoms with E-state index in [1.54, 1.807) is 0 Å². The molecule has 0 saturated heterocycles. The minimum absolute atomic E-state index is 1.11. The Balaban J connectivity index is 2.53. The SMILES string of the molecule is [CH2]CCCCCC[SeH]. The molecule has 0 atom stereocenters. The maximum absolute atomic E-state index is 3.78. The fourth-order valence-corrected chi connectivity index (χ4v) is 1.11. The normalized spacial score (nSPS) is 9.75. The molecule has 0 heterocycles. The second kappa shape index (κ2) is 7.52. The first kappa shape index (κ1) is 8.52. The van der Waals surface area contributed by atoms with Crippen molar-refractivity contribution in [2.75, 3.05) is 0 Å². The molecule has 0 aliphatic rings. The predicted molar refractivity (Wildman–Crippen MR) is 40.4 cm³/mol.